The first-order chi connectivity index (χ1) is 73.4. The number of aromatic nitrogens is 13. The maximum Gasteiger partial charge on any atom is 0.241 e. The quantitative estimate of drug-likeness (QED) is 0.113. The smallest absolute Gasteiger partial charge is 0.241 e. The number of pyridine rings is 2. The minimum absolute atomic E-state index is 0.566. The van der Waals surface area contributed by atoms with Gasteiger partial charge < -0.3 is 13.7 Å². The Labute approximate surface area is 851 Å². The third kappa shape index (κ3) is 15.7. The van der Waals surface area contributed by atoms with Crippen molar-refractivity contribution in [1.82, 2.24) is 62.3 Å². The van der Waals surface area contributed by atoms with Gasteiger partial charge in [0, 0.05) is 120 Å². The van der Waals surface area contributed by atoms with Crippen LogP contribution in [0.5, 0.6) is 0 Å². The highest BCUT2D eigenvalue weighted by Gasteiger charge is 2.25. The first-order valence-electron chi connectivity index (χ1n) is 49.9. The molecule has 13 heteroatoms. The number of rotatable bonds is 13. The molecule has 0 aliphatic carbocycles. The van der Waals surface area contributed by atoms with E-state index in [-0.39, 0.29) is 0 Å². The lowest BCUT2D eigenvalue weighted by molar-refractivity contribution is 0.848. The molecular weight excluding hydrogens is 1800 g/mol. The van der Waals surface area contributed by atoms with Crippen LogP contribution in [0.1, 0.15) is 0 Å². The zero-order valence-corrected chi connectivity index (χ0v) is 80.2. The van der Waals surface area contributed by atoms with Gasteiger partial charge in [-0.25, -0.2) is 19.9 Å². The third-order valence-electron chi connectivity index (χ3n) is 28.4. The van der Waals surface area contributed by atoms with Crippen LogP contribution in [0.15, 0.2) is 540 Å². The van der Waals surface area contributed by atoms with Crippen molar-refractivity contribution in [3.8, 4) is 114 Å². The molecule has 0 spiro atoms. The van der Waals surface area contributed by atoms with Crippen molar-refractivity contribution in [2.45, 2.75) is 0 Å². The Morgan fingerprint density at radius 2 is 0.338 bits per heavy atom. The number of fused-ring (bicyclic) bond motifs is 19. The summed E-state index contributed by atoms with van der Waals surface area (Å²) in [6, 6.07) is 189. The van der Waals surface area contributed by atoms with Gasteiger partial charge in [-0.05, 0) is 151 Å². The maximum absolute atomic E-state index is 5.28. The van der Waals surface area contributed by atoms with Crippen molar-refractivity contribution in [3.63, 3.8) is 0 Å². The fraction of sp³-hybridized carbons (Fsp3) is 0. The van der Waals surface area contributed by atoms with Crippen LogP contribution in [0, 0.1) is 0 Å². The standard InChI is InChI=1S/C39H24N6.C35H24N2.C34H23N3.C27H18N2/c1-7-19-31-25(13-1)26-14-2-8-20-32(26)43(31)37-40-38(44-33-21-9-3-15-27(33)28-16-4-10-22-34(28)44)42-39(41-37)45-35-23-11-5-17-29(35)30-18-6-12-24-36(30)45;1-3-11-25(12-4-1)28-23-32(26-13-5-2-6-14-26)36-33(24-28)27-19-21-29(22-20-27)37-34-17-9-7-15-30(34)31-16-8-10-18-35(31)37;1-3-11-24(12-4-1)30-23-31(36-34(35-30)26-13-5-2-6-14-26)25-19-21-27(22-20-25)37-32-17-9-7-15-28(32)29-16-8-10-18-33(29)37;1-4-10-24-19(7-1)15-18-25(28-24)20-13-16-21(17-14-20)29-26-11-5-2-8-22(26)23-9-3-6-12-27(23)29/h1-24H;1-24H;1-23H;1-18H. The lowest BCUT2D eigenvalue weighted by Gasteiger charge is -2.14. The molecule has 0 N–H and O–H groups in total. The number of hydrogen-bond acceptors (Lipinski definition) is 7. The third-order valence-corrected chi connectivity index (χ3v) is 28.4. The lowest BCUT2D eigenvalue weighted by atomic mass is 10.00. The summed E-state index contributed by atoms with van der Waals surface area (Å²) >= 11 is 0. The van der Waals surface area contributed by atoms with E-state index in [0.29, 0.717) is 17.8 Å². The maximum atomic E-state index is 5.28. The van der Waals surface area contributed by atoms with Crippen LogP contribution in [-0.2, 0) is 0 Å². The van der Waals surface area contributed by atoms with Crippen LogP contribution >= 0.6 is 0 Å². The molecule has 0 saturated heterocycles. The van der Waals surface area contributed by atoms with Crippen molar-refractivity contribution in [1.29, 1.82) is 0 Å². The molecule has 30 aromatic rings. The van der Waals surface area contributed by atoms with E-state index in [1.54, 1.807) is 0 Å². The number of para-hydroxylation sites is 13. The van der Waals surface area contributed by atoms with Crippen molar-refractivity contribution >= 4 is 142 Å². The van der Waals surface area contributed by atoms with E-state index in [4.69, 9.17) is 34.9 Å². The van der Waals surface area contributed by atoms with Gasteiger partial charge in [0.2, 0.25) is 17.8 Å². The molecule has 0 bridgehead atoms. The number of nitrogens with zero attached hydrogens (tertiary/aromatic N) is 13. The molecule has 10 heterocycles. The van der Waals surface area contributed by atoms with Crippen LogP contribution in [0.3, 0.4) is 0 Å². The normalized spacial score (nSPS) is 11.5. The largest absolute Gasteiger partial charge is 0.309 e. The molecule has 0 unspecified atom stereocenters. The van der Waals surface area contributed by atoms with E-state index < -0.39 is 0 Å². The molecule has 148 heavy (non-hydrogen) atoms. The van der Waals surface area contributed by atoms with E-state index in [1.807, 2.05) is 54.6 Å². The summed E-state index contributed by atoms with van der Waals surface area (Å²) in [4.78, 5) is 35.6. The number of benzene rings is 20. The highest BCUT2D eigenvalue weighted by Crippen LogP contribution is 2.43. The van der Waals surface area contributed by atoms with Crippen molar-refractivity contribution in [2.75, 3.05) is 0 Å². The number of hydrogen-bond donors (Lipinski definition) is 0. The summed E-state index contributed by atoms with van der Waals surface area (Å²) in [5.41, 5.74) is 31.6. The van der Waals surface area contributed by atoms with Crippen LogP contribution in [-0.4, -0.2) is 62.3 Å². The fourth-order valence-electron chi connectivity index (χ4n) is 21.5. The Balaban J connectivity index is 0.0000000985. The van der Waals surface area contributed by atoms with Crippen LogP contribution in [0.4, 0.5) is 0 Å². The van der Waals surface area contributed by atoms with Gasteiger partial charge in [0.25, 0.3) is 0 Å². The molecular formula is C135H89N13. The van der Waals surface area contributed by atoms with Gasteiger partial charge in [-0.3, -0.25) is 13.7 Å². The Morgan fingerprint density at radius 3 is 0.622 bits per heavy atom. The van der Waals surface area contributed by atoms with Gasteiger partial charge in [-0.15, -0.1) is 0 Å². The Morgan fingerprint density at radius 1 is 0.122 bits per heavy atom. The van der Waals surface area contributed by atoms with Gasteiger partial charge in [0.05, 0.1) is 100 Å². The molecule has 30 rings (SSSR count). The van der Waals surface area contributed by atoms with Crippen molar-refractivity contribution < 1.29 is 0 Å². The summed E-state index contributed by atoms with van der Waals surface area (Å²) in [7, 11) is 0. The lowest BCUT2D eigenvalue weighted by Crippen LogP contribution is -2.13. The first kappa shape index (κ1) is 86.9. The minimum Gasteiger partial charge on any atom is -0.309 e. The van der Waals surface area contributed by atoms with E-state index in [9.17, 15) is 0 Å². The SMILES string of the molecule is c1ccc(-c2cc(-c3ccc(-n4c5ccccc5c5ccccc54)cc3)nc(-c3ccccc3)n2)cc1.c1ccc(-c2cc(-c3ccccc3)nc(-c3ccc(-n4c5ccccc5c5ccccc54)cc3)c2)cc1.c1ccc2c(c1)c1ccccc1n2-c1nc(-n2c3ccccc3c3ccccc32)nc(-n2c3ccccc3c3ccccc32)n1.c1ccc2nc(-c3ccc(-n4c5ccccc5c5ccccc54)cc3)ccc2c1. The highest BCUT2D eigenvalue weighted by molar-refractivity contribution is 6.15. The highest BCUT2D eigenvalue weighted by atomic mass is 15.3. The van der Waals surface area contributed by atoms with E-state index in [1.165, 1.54) is 71.0 Å². The van der Waals surface area contributed by atoms with Crippen molar-refractivity contribution in [3.05, 3.63) is 540 Å². The molecule has 0 saturated carbocycles. The zero-order valence-electron chi connectivity index (χ0n) is 80.2. The second-order valence-electron chi connectivity index (χ2n) is 37.0. The summed E-state index contributed by atoms with van der Waals surface area (Å²) in [5.74, 6) is 2.42. The average molecular weight is 1890 g/mol. The molecule has 0 amide bonds. The second kappa shape index (κ2) is 37.4. The van der Waals surface area contributed by atoms with Crippen LogP contribution in [0.25, 0.3) is 255 Å². The predicted octanol–water partition coefficient (Wildman–Crippen LogP) is 33.9. The second-order valence-corrected chi connectivity index (χ2v) is 37.0. The van der Waals surface area contributed by atoms with E-state index >= 15 is 0 Å². The molecule has 20 aromatic carbocycles. The molecule has 0 aliphatic rings. The molecule has 694 valence electrons. The molecule has 0 radical (unpaired) electrons. The molecule has 0 fully saturated rings. The van der Waals surface area contributed by atoms with Gasteiger partial charge >= 0.3 is 0 Å². The average Bonchev–Trinajstić information content (AvgIpc) is 1.64. The topological polar surface area (TPSA) is 120 Å². The van der Waals surface area contributed by atoms with Crippen molar-refractivity contribution in [2.24, 2.45) is 0 Å². The zero-order chi connectivity index (χ0) is 97.9. The van der Waals surface area contributed by atoms with Gasteiger partial charge in [0.15, 0.2) is 5.82 Å². The fourth-order valence-corrected chi connectivity index (χ4v) is 21.5. The Kier molecular flexibility index (Phi) is 21.9. The molecule has 13 nitrogen and oxygen atoms in total. The summed E-state index contributed by atoms with van der Waals surface area (Å²) in [6.45, 7) is 0. The molecule has 0 aliphatic heterocycles. The van der Waals surface area contributed by atoms with E-state index in [0.717, 1.165) is 167 Å². The Hall–Kier alpha value is -20.2. The summed E-state index contributed by atoms with van der Waals surface area (Å²) in [6.07, 6.45) is 0. The summed E-state index contributed by atoms with van der Waals surface area (Å²) < 4.78 is 13.5. The van der Waals surface area contributed by atoms with Gasteiger partial charge in [0.1, 0.15) is 0 Å². The molecule has 0 atom stereocenters. The first-order valence-corrected chi connectivity index (χ1v) is 49.9. The molecule has 10 aromatic heterocycles. The van der Waals surface area contributed by atoms with Gasteiger partial charge in [-0.1, -0.05) is 400 Å². The van der Waals surface area contributed by atoms with Crippen LogP contribution in [0.2, 0.25) is 0 Å². The Bertz CT molecular complexity index is 9260. The monoisotopic (exact) mass is 1890 g/mol. The predicted molar refractivity (Wildman–Crippen MR) is 612 cm³/mol. The van der Waals surface area contributed by atoms with E-state index in [2.05, 4.69) is 513 Å². The summed E-state index contributed by atoms with van der Waals surface area (Å²) in [5, 5.41) is 15.7. The minimum atomic E-state index is 0.566. The van der Waals surface area contributed by atoms with Gasteiger partial charge in [-0.2, -0.15) is 15.0 Å². The van der Waals surface area contributed by atoms with Crippen LogP contribution < -0.4 is 0 Å².